The molecule has 0 atom stereocenters. The minimum absolute atomic E-state index is 0.120. The SMILES string of the molecule is CNCCCn1ccnc1-c1ccccc1C(F)(F)F. The van der Waals surface area contributed by atoms with Gasteiger partial charge in [-0.3, -0.25) is 0 Å². The van der Waals surface area contributed by atoms with Crippen LogP contribution >= 0.6 is 0 Å². The van der Waals surface area contributed by atoms with Gasteiger partial charge in [0.1, 0.15) is 5.82 Å². The topological polar surface area (TPSA) is 29.9 Å². The number of alkyl halides is 3. The summed E-state index contributed by atoms with van der Waals surface area (Å²) in [5.41, 5.74) is -0.532. The van der Waals surface area contributed by atoms with E-state index in [-0.39, 0.29) is 5.56 Å². The van der Waals surface area contributed by atoms with Crippen molar-refractivity contribution in [1.82, 2.24) is 14.9 Å². The molecule has 108 valence electrons. The Balaban J connectivity index is 2.35. The van der Waals surface area contributed by atoms with Crippen molar-refractivity contribution in [3.8, 4) is 11.4 Å². The molecule has 0 fully saturated rings. The van der Waals surface area contributed by atoms with Crippen LogP contribution in [0.1, 0.15) is 12.0 Å². The van der Waals surface area contributed by atoms with Crippen LogP contribution < -0.4 is 5.32 Å². The number of rotatable bonds is 5. The van der Waals surface area contributed by atoms with Crippen molar-refractivity contribution in [3.05, 3.63) is 42.2 Å². The maximum atomic E-state index is 13.0. The van der Waals surface area contributed by atoms with Gasteiger partial charge in [0, 0.05) is 24.5 Å². The van der Waals surface area contributed by atoms with Crippen molar-refractivity contribution in [1.29, 1.82) is 0 Å². The van der Waals surface area contributed by atoms with Crippen molar-refractivity contribution in [2.75, 3.05) is 13.6 Å². The van der Waals surface area contributed by atoms with E-state index in [9.17, 15) is 13.2 Å². The van der Waals surface area contributed by atoms with Crippen molar-refractivity contribution in [2.24, 2.45) is 0 Å². The Morgan fingerprint density at radius 3 is 2.70 bits per heavy atom. The lowest BCUT2D eigenvalue weighted by Crippen LogP contribution is -2.12. The van der Waals surface area contributed by atoms with Crippen molar-refractivity contribution < 1.29 is 13.2 Å². The van der Waals surface area contributed by atoms with Crippen LogP contribution in [0.25, 0.3) is 11.4 Å². The molecule has 0 saturated carbocycles. The number of hydrogen-bond acceptors (Lipinski definition) is 2. The van der Waals surface area contributed by atoms with E-state index >= 15 is 0 Å². The zero-order valence-corrected chi connectivity index (χ0v) is 11.1. The molecule has 0 aliphatic carbocycles. The van der Waals surface area contributed by atoms with Gasteiger partial charge in [0.15, 0.2) is 0 Å². The van der Waals surface area contributed by atoms with E-state index in [4.69, 9.17) is 0 Å². The first-order chi connectivity index (χ1) is 9.54. The summed E-state index contributed by atoms with van der Waals surface area (Å²) in [4.78, 5) is 4.08. The highest BCUT2D eigenvalue weighted by Crippen LogP contribution is 2.36. The summed E-state index contributed by atoms with van der Waals surface area (Å²) in [7, 11) is 1.84. The van der Waals surface area contributed by atoms with E-state index in [0.29, 0.717) is 12.4 Å². The Morgan fingerprint density at radius 1 is 1.25 bits per heavy atom. The van der Waals surface area contributed by atoms with Gasteiger partial charge in [-0.15, -0.1) is 0 Å². The lowest BCUT2D eigenvalue weighted by molar-refractivity contribution is -0.137. The minimum atomic E-state index is -4.38. The lowest BCUT2D eigenvalue weighted by Gasteiger charge is -2.14. The summed E-state index contributed by atoms with van der Waals surface area (Å²) in [6.07, 6.45) is -0.313. The zero-order valence-electron chi connectivity index (χ0n) is 11.1. The predicted molar refractivity (Wildman–Crippen MR) is 71.2 cm³/mol. The Kier molecular flexibility index (Phi) is 4.44. The quantitative estimate of drug-likeness (QED) is 0.854. The van der Waals surface area contributed by atoms with E-state index < -0.39 is 11.7 Å². The number of halogens is 3. The van der Waals surface area contributed by atoms with Crippen molar-refractivity contribution >= 4 is 0 Å². The van der Waals surface area contributed by atoms with Crippen LogP contribution in [-0.4, -0.2) is 23.1 Å². The van der Waals surface area contributed by atoms with Gasteiger partial charge in [0.25, 0.3) is 0 Å². The second-order valence-electron chi connectivity index (χ2n) is 4.44. The molecular weight excluding hydrogens is 267 g/mol. The number of benzene rings is 1. The highest BCUT2D eigenvalue weighted by molar-refractivity contribution is 5.61. The van der Waals surface area contributed by atoms with E-state index in [1.54, 1.807) is 16.8 Å². The van der Waals surface area contributed by atoms with Gasteiger partial charge >= 0.3 is 6.18 Å². The normalized spacial score (nSPS) is 11.8. The molecule has 1 aromatic carbocycles. The van der Waals surface area contributed by atoms with Crippen LogP contribution in [0.3, 0.4) is 0 Å². The van der Waals surface area contributed by atoms with Gasteiger partial charge in [-0.05, 0) is 26.1 Å². The molecule has 0 aliphatic heterocycles. The lowest BCUT2D eigenvalue weighted by atomic mass is 10.1. The summed E-state index contributed by atoms with van der Waals surface area (Å²) in [5, 5.41) is 3.01. The van der Waals surface area contributed by atoms with Gasteiger partial charge in [0.2, 0.25) is 0 Å². The number of aromatic nitrogens is 2. The molecular formula is C14H16F3N3. The Bertz CT molecular complexity index is 561. The van der Waals surface area contributed by atoms with Crippen molar-refractivity contribution in [3.63, 3.8) is 0 Å². The van der Waals surface area contributed by atoms with E-state index in [1.807, 2.05) is 7.05 Å². The average Bonchev–Trinajstić information content (AvgIpc) is 2.86. The van der Waals surface area contributed by atoms with Gasteiger partial charge in [-0.1, -0.05) is 18.2 Å². The number of nitrogens with zero attached hydrogens (tertiary/aromatic N) is 2. The Morgan fingerprint density at radius 2 is 2.00 bits per heavy atom. The molecule has 1 heterocycles. The molecule has 0 aliphatic rings. The summed E-state index contributed by atoms with van der Waals surface area (Å²) in [5.74, 6) is 0.356. The maximum Gasteiger partial charge on any atom is 0.417 e. The molecule has 20 heavy (non-hydrogen) atoms. The smallest absolute Gasteiger partial charge is 0.331 e. The maximum absolute atomic E-state index is 13.0. The first-order valence-electron chi connectivity index (χ1n) is 6.36. The third-order valence-corrected chi connectivity index (χ3v) is 3.01. The molecule has 0 saturated heterocycles. The number of imidazole rings is 1. The van der Waals surface area contributed by atoms with Crippen LogP contribution in [0.15, 0.2) is 36.7 Å². The molecule has 2 aromatic rings. The first-order valence-corrected chi connectivity index (χ1v) is 6.36. The van der Waals surface area contributed by atoms with Crippen LogP contribution in [0.5, 0.6) is 0 Å². The number of hydrogen-bond donors (Lipinski definition) is 1. The molecule has 0 unspecified atom stereocenters. The summed E-state index contributed by atoms with van der Waals surface area (Å²) < 4.78 is 40.8. The highest BCUT2D eigenvalue weighted by Gasteiger charge is 2.34. The van der Waals surface area contributed by atoms with E-state index in [1.165, 1.54) is 18.3 Å². The Labute approximate surface area is 115 Å². The second-order valence-corrected chi connectivity index (χ2v) is 4.44. The fraction of sp³-hybridized carbons (Fsp3) is 0.357. The first kappa shape index (κ1) is 14.6. The average molecular weight is 283 g/mol. The molecule has 6 heteroatoms. The van der Waals surface area contributed by atoms with Crippen LogP contribution in [-0.2, 0) is 12.7 Å². The molecule has 3 nitrogen and oxygen atoms in total. The predicted octanol–water partition coefficient (Wildman–Crippen LogP) is 3.18. The third kappa shape index (κ3) is 3.19. The van der Waals surface area contributed by atoms with Crippen LogP contribution in [0.4, 0.5) is 13.2 Å². The van der Waals surface area contributed by atoms with Crippen LogP contribution in [0.2, 0.25) is 0 Å². The standard InChI is InChI=1S/C14H16F3N3/c1-18-7-4-9-20-10-8-19-13(20)11-5-2-3-6-12(11)14(15,16)17/h2-3,5-6,8,10,18H,4,7,9H2,1H3. The molecule has 1 aromatic heterocycles. The van der Waals surface area contributed by atoms with E-state index in [2.05, 4.69) is 10.3 Å². The van der Waals surface area contributed by atoms with Gasteiger partial charge in [-0.25, -0.2) is 4.98 Å². The Hall–Kier alpha value is -1.82. The highest BCUT2D eigenvalue weighted by atomic mass is 19.4. The number of aryl methyl sites for hydroxylation is 1. The van der Waals surface area contributed by atoms with Gasteiger partial charge < -0.3 is 9.88 Å². The fourth-order valence-electron chi connectivity index (χ4n) is 2.09. The summed E-state index contributed by atoms with van der Waals surface area (Å²) in [6.45, 7) is 1.43. The molecule has 0 spiro atoms. The van der Waals surface area contributed by atoms with Gasteiger partial charge in [0.05, 0.1) is 5.56 Å². The third-order valence-electron chi connectivity index (χ3n) is 3.01. The molecule has 0 amide bonds. The monoisotopic (exact) mass is 283 g/mol. The van der Waals surface area contributed by atoms with Crippen LogP contribution in [0, 0.1) is 0 Å². The summed E-state index contributed by atoms with van der Waals surface area (Å²) >= 11 is 0. The second kappa shape index (κ2) is 6.09. The molecule has 2 rings (SSSR count). The minimum Gasteiger partial charge on any atom is -0.331 e. The summed E-state index contributed by atoms with van der Waals surface area (Å²) in [6, 6.07) is 5.53. The van der Waals surface area contributed by atoms with Crippen molar-refractivity contribution in [2.45, 2.75) is 19.1 Å². The number of nitrogens with one attached hydrogen (secondary N) is 1. The molecule has 0 bridgehead atoms. The fourth-order valence-corrected chi connectivity index (χ4v) is 2.09. The largest absolute Gasteiger partial charge is 0.417 e. The van der Waals surface area contributed by atoms with Gasteiger partial charge in [-0.2, -0.15) is 13.2 Å². The van der Waals surface area contributed by atoms with E-state index in [0.717, 1.165) is 19.0 Å². The molecule has 1 N–H and O–H groups in total. The molecule has 0 radical (unpaired) electrons. The zero-order chi connectivity index (χ0) is 14.6.